The Morgan fingerprint density at radius 3 is 2.41 bits per heavy atom. The van der Waals surface area contributed by atoms with Crippen LogP contribution in [0, 0.1) is 0 Å². The Balaban J connectivity index is 1.83. The first-order valence-electron chi connectivity index (χ1n) is 6.57. The van der Waals surface area contributed by atoms with E-state index in [0.29, 0.717) is 22.4 Å². The molecule has 0 amide bonds. The van der Waals surface area contributed by atoms with E-state index < -0.39 is 0 Å². The summed E-state index contributed by atoms with van der Waals surface area (Å²) in [6, 6.07) is 10.2. The highest BCUT2D eigenvalue weighted by molar-refractivity contribution is 5.83. The number of rotatable bonds is 2. The SMILES string of the molecule is O=c1c(=NNc2nc3ncccc3[nH]2)c(=O)c2ccccc12. The molecule has 0 saturated carbocycles. The Morgan fingerprint density at radius 1 is 1.00 bits per heavy atom. The number of fused-ring (bicyclic) bond motifs is 2. The largest absolute Gasteiger partial charge is 0.321 e. The van der Waals surface area contributed by atoms with Crippen LogP contribution in [-0.4, -0.2) is 15.0 Å². The van der Waals surface area contributed by atoms with Gasteiger partial charge in [0.25, 0.3) is 0 Å². The molecule has 0 bridgehead atoms. The molecule has 2 aromatic carbocycles. The van der Waals surface area contributed by atoms with E-state index in [1.807, 2.05) is 6.07 Å². The van der Waals surface area contributed by atoms with Gasteiger partial charge in [0.2, 0.25) is 16.8 Å². The third-order valence-electron chi connectivity index (χ3n) is 3.38. The van der Waals surface area contributed by atoms with Crippen molar-refractivity contribution in [3.8, 4) is 0 Å². The van der Waals surface area contributed by atoms with Crippen LogP contribution < -0.4 is 21.6 Å². The first-order valence-corrected chi connectivity index (χ1v) is 6.57. The van der Waals surface area contributed by atoms with Crippen LogP contribution >= 0.6 is 0 Å². The summed E-state index contributed by atoms with van der Waals surface area (Å²) < 4.78 is 0. The second kappa shape index (κ2) is 4.59. The summed E-state index contributed by atoms with van der Waals surface area (Å²) in [5, 5.41) is 4.52. The number of anilines is 1. The number of hydrogen-bond donors (Lipinski definition) is 2. The van der Waals surface area contributed by atoms with E-state index in [2.05, 4.69) is 25.5 Å². The molecule has 0 aliphatic heterocycles. The van der Waals surface area contributed by atoms with Gasteiger partial charge in [-0.3, -0.25) is 9.59 Å². The predicted octanol–water partition coefficient (Wildman–Crippen LogP) is 0.635. The molecule has 0 radical (unpaired) electrons. The van der Waals surface area contributed by atoms with Crippen LogP contribution in [0.3, 0.4) is 0 Å². The van der Waals surface area contributed by atoms with Gasteiger partial charge in [0.1, 0.15) is 0 Å². The molecule has 7 nitrogen and oxygen atoms in total. The summed E-state index contributed by atoms with van der Waals surface area (Å²) in [7, 11) is 0. The first kappa shape index (κ1) is 12.4. The minimum atomic E-state index is -0.387. The minimum absolute atomic E-state index is 0.144. The number of nitrogens with zero attached hydrogens (tertiary/aromatic N) is 3. The molecule has 7 heteroatoms. The van der Waals surface area contributed by atoms with Crippen molar-refractivity contribution in [2.75, 3.05) is 5.43 Å². The highest BCUT2D eigenvalue weighted by Crippen LogP contribution is 2.10. The van der Waals surface area contributed by atoms with E-state index in [-0.39, 0.29) is 16.2 Å². The van der Waals surface area contributed by atoms with Crippen LogP contribution in [0.4, 0.5) is 5.95 Å². The molecule has 106 valence electrons. The smallest absolute Gasteiger partial charge is 0.223 e. The third kappa shape index (κ3) is 1.80. The van der Waals surface area contributed by atoms with Crippen molar-refractivity contribution in [2.24, 2.45) is 5.10 Å². The summed E-state index contributed by atoms with van der Waals surface area (Å²) in [4.78, 5) is 35.5. The molecular weight excluding hydrogens is 282 g/mol. The monoisotopic (exact) mass is 291 g/mol. The van der Waals surface area contributed by atoms with Crippen molar-refractivity contribution in [1.29, 1.82) is 0 Å². The van der Waals surface area contributed by atoms with Crippen LogP contribution in [0.5, 0.6) is 0 Å². The highest BCUT2D eigenvalue weighted by atomic mass is 16.1. The van der Waals surface area contributed by atoms with Gasteiger partial charge in [-0.25, -0.2) is 10.4 Å². The number of aromatic amines is 1. The average Bonchev–Trinajstić information content (AvgIpc) is 3.06. The molecular formula is C15H9N5O2. The minimum Gasteiger partial charge on any atom is -0.321 e. The molecule has 0 saturated heterocycles. The number of hydrogen-bond acceptors (Lipinski definition) is 6. The van der Waals surface area contributed by atoms with Crippen LogP contribution in [0.2, 0.25) is 0 Å². The van der Waals surface area contributed by atoms with Crippen LogP contribution in [-0.2, 0) is 0 Å². The van der Waals surface area contributed by atoms with E-state index in [1.54, 1.807) is 36.5 Å². The highest BCUT2D eigenvalue weighted by Gasteiger charge is 2.10. The van der Waals surface area contributed by atoms with Gasteiger partial charge in [0.05, 0.1) is 5.52 Å². The van der Waals surface area contributed by atoms with Gasteiger partial charge in [0, 0.05) is 17.0 Å². The third-order valence-corrected chi connectivity index (χ3v) is 3.38. The summed E-state index contributed by atoms with van der Waals surface area (Å²) in [6.45, 7) is 0. The van der Waals surface area contributed by atoms with Gasteiger partial charge in [-0.1, -0.05) is 24.3 Å². The summed E-state index contributed by atoms with van der Waals surface area (Å²) in [5.41, 5.74) is 3.10. The first-order chi connectivity index (χ1) is 10.7. The van der Waals surface area contributed by atoms with Crippen LogP contribution in [0.1, 0.15) is 0 Å². The quantitative estimate of drug-likeness (QED) is 0.528. The number of H-pyrrole nitrogens is 1. The Kier molecular flexibility index (Phi) is 2.59. The summed E-state index contributed by atoms with van der Waals surface area (Å²) >= 11 is 0. The second-order valence-electron chi connectivity index (χ2n) is 4.74. The number of nitrogens with one attached hydrogen (secondary N) is 2. The molecule has 0 aliphatic rings. The molecule has 4 rings (SSSR count). The number of pyridine rings is 1. The lowest BCUT2D eigenvalue weighted by molar-refractivity contribution is 1.13. The maximum atomic E-state index is 12.2. The topological polar surface area (TPSA) is 100 Å². The predicted molar refractivity (Wildman–Crippen MR) is 81.9 cm³/mol. The van der Waals surface area contributed by atoms with E-state index >= 15 is 0 Å². The van der Waals surface area contributed by atoms with Crippen molar-refractivity contribution in [3.63, 3.8) is 0 Å². The summed E-state index contributed by atoms with van der Waals surface area (Å²) in [5.74, 6) is 0.317. The van der Waals surface area contributed by atoms with Gasteiger partial charge in [0.15, 0.2) is 11.0 Å². The Hall–Kier alpha value is -3.35. The zero-order valence-corrected chi connectivity index (χ0v) is 11.2. The lowest BCUT2D eigenvalue weighted by Gasteiger charge is -1.89. The average molecular weight is 291 g/mol. The van der Waals surface area contributed by atoms with Crippen molar-refractivity contribution < 1.29 is 0 Å². The number of imidazole rings is 1. The maximum Gasteiger partial charge on any atom is 0.223 e. The van der Waals surface area contributed by atoms with E-state index in [9.17, 15) is 9.59 Å². The fourth-order valence-electron chi connectivity index (χ4n) is 2.35. The standard InChI is InChI=1S/C15H9N5O2/c21-12-8-4-1-2-5-9(8)13(22)11(12)19-20-15-17-10-6-3-7-16-14(10)18-15/h1-7H,(H2,16,17,18,20). The van der Waals surface area contributed by atoms with E-state index in [0.717, 1.165) is 5.52 Å². The molecule has 0 fully saturated rings. The molecule has 0 spiro atoms. The van der Waals surface area contributed by atoms with Gasteiger partial charge in [-0.05, 0) is 12.1 Å². The Morgan fingerprint density at radius 2 is 1.73 bits per heavy atom. The molecule has 2 heterocycles. The van der Waals surface area contributed by atoms with Crippen molar-refractivity contribution in [1.82, 2.24) is 15.0 Å². The van der Waals surface area contributed by atoms with Gasteiger partial charge >= 0.3 is 0 Å². The Labute approximate surface area is 122 Å². The van der Waals surface area contributed by atoms with Gasteiger partial charge in [-0.2, -0.15) is 10.1 Å². The zero-order chi connectivity index (χ0) is 15.1. The zero-order valence-electron chi connectivity index (χ0n) is 11.2. The maximum absolute atomic E-state index is 12.2. The lowest BCUT2D eigenvalue weighted by Crippen LogP contribution is -2.32. The Bertz CT molecular complexity index is 1070. The molecule has 4 aromatic rings. The second-order valence-corrected chi connectivity index (χ2v) is 4.74. The molecule has 0 atom stereocenters. The van der Waals surface area contributed by atoms with Crippen molar-refractivity contribution >= 4 is 27.9 Å². The van der Waals surface area contributed by atoms with Crippen LogP contribution in [0.15, 0.2) is 57.3 Å². The van der Waals surface area contributed by atoms with Gasteiger partial charge in [-0.15, -0.1) is 0 Å². The normalized spacial score (nSPS) is 11.1. The molecule has 2 aromatic heterocycles. The lowest BCUT2D eigenvalue weighted by atomic mass is 10.2. The summed E-state index contributed by atoms with van der Waals surface area (Å²) in [6.07, 6.45) is 1.62. The number of aromatic nitrogens is 3. The van der Waals surface area contributed by atoms with Crippen molar-refractivity contribution in [3.05, 3.63) is 68.4 Å². The molecule has 2 N–H and O–H groups in total. The number of benzene rings is 1. The van der Waals surface area contributed by atoms with Crippen molar-refractivity contribution in [2.45, 2.75) is 0 Å². The fraction of sp³-hybridized carbons (Fsp3) is 0. The van der Waals surface area contributed by atoms with E-state index in [4.69, 9.17) is 0 Å². The van der Waals surface area contributed by atoms with E-state index in [1.165, 1.54) is 0 Å². The molecule has 0 unspecified atom stereocenters. The molecule has 0 aliphatic carbocycles. The molecule has 22 heavy (non-hydrogen) atoms. The van der Waals surface area contributed by atoms with Gasteiger partial charge < -0.3 is 4.98 Å². The fourth-order valence-corrected chi connectivity index (χ4v) is 2.35. The van der Waals surface area contributed by atoms with Crippen LogP contribution in [0.25, 0.3) is 21.9 Å².